The topological polar surface area (TPSA) is 69.9 Å². The number of benzene rings is 1. The molecule has 0 bridgehead atoms. The fourth-order valence-electron chi connectivity index (χ4n) is 4.20. The van der Waals surface area contributed by atoms with Crippen molar-refractivity contribution < 1.29 is 14.1 Å². The molecule has 0 atom stereocenters. The van der Waals surface area contributed by atoms with Gasteiger partial charge in [-0.05, 0) is 30.4 Å². The first-order chi connectivity index (χ1) is 14.5. The quantitative estimate of drug-likeness (QED) is 0.537. The van der Waals surface area contributed by atoms with Crippen molar-refractivity contribution in [2.45, 2.75) is 25.7 Å². The van der Waals surface area contributed by atoms with E-state index < -0.39 is 10.7 Å². The van der Waals surface area contributed by atoms with E-state index in [2.05, 4.69) is 0 Å². The van der Waals surface area contributed by atoms with Gasteiger partial charge in [-0.25, -0.2) is 4.39 Å². The first kappa shape index (κ1) is 20.6. The molecule has 0 spiro atoms. The number of thiophene rings is 1. The average molecular weight is 433 g/mol. The van der Waals surface area contributed by atoms with Gasteiger partial charge in [0.15, 0.2) is 5.82 Å². The Balaban J connectivity index is 1.56. The number of halogens is 1. The average Bonchev–Trinajstić information content (AvgIpc) is 3.16. The molecule has 3 heterocycles. The molecule has 2 aromatic rings. The molecule has 1 aromatic carbocycles. The van der Waals surface area contributed by atoms with E-state index in [1.165, 1.54) is 11.3 Å². The lowest BCUT2D eigenvalue weighted by Crippen LogP contribution is -2.48. The normalized spacial score (nSPS) is 17.7. The van der Waals surface area contributed by atoms with Gasteiger partial charge >= 0.3 is 0 Å². The molecule has 7 nitrogen and oxygen atoms in total. The Kier molecular flexibility index (Phi) is 6.17. The highest BCUT2D eigenvalue weighted by atomic mass is 32.1. The molecule has 1 amide bonds. The Bertz CT molecular complexity index is 905. The Morgan fingerprint density at radius 2 is 1.63 bits per heavy atom. The van der Waals surface area contributed by atoms with Crippen LogP contribution in [0.1, 0.15) is 35.4 Å². The van der Waals surface area contributed by atoms with E-state index in [0.29, 0.717) is 42.4 Å². The summed E-state index contributed by atoms with van der Waals surface area (Å²) in [6.07, 6.45) is 4.24. The number of nitro benzene ring substituents is 1. The summed E-state index contributed by atoms with van der Waals surface area (Å²) in [6, 6.07) is 6.34. The molecule has 30 heavy (non-hydrogen) atoms. The zero-order valence-corrected chi connectivity index (χ0v) is 17.6. The van der Waals surface area contributed by atoms with Gasteiger partial charge in [-0.1, -0.05) is 18.9 Å². The van der Waals surface area contributed by atoms with E-state index in [0.717, 1.165) is 44.8 Å². The Morgan fingerprint density at radius 1 is 0.967 bits per heavy atom. The maximum atomic E-state index is 14.8. The van der Waals surface area contributed by atoms with Crippen molar-refractivity contribution in [2.75, 3.05) is 49.1 Å². The molecule has 0 saturated carbocycles. The molecule has 2 aliphatic heterocycles. The summed E-state index contributed by atoms with van der Waals surface area (Å²) >= 11 is 1.41. The van der Waals surface area contributed by atoms with E-state index in [1.807, 2.05) is 21.2 Å². The summed E-state index contributed by atoms with van der Waals surface area (Å²) < 4.78 is 14.8. The van der Waals surface area contributed by atoms with Gasteiger partial charge in [-0.15, -0.1) is 11.3 Å². The number of carbonyl (C=O) groups excluding carboxylic acids is 1. The number of nitro groups is 1. The standard InChI is InChI=1S/C21H25FN4O3S/c22-16-14-19(26(28)29)18(15-17(16)23-7-3-1-2-4-8-23)24-9-11-25(12-10-24)21(27)20-6-5-13-30-20/h5-6,13-15H,1-4,7-12H2. The van der Waals surface area contributed by atoms with Crippen LogP contribution in [0.5, 0.6) is 0 Å². The van der Waals surface area contributed by atoms with Crippen LogP contribution >= 0.6 is 11.3 Å². The minimum Gasteiger partial charge on any atom is -0.369 e. The monoisotopic (exact) mass is 432 g/mol. The van der Waals surface area contributed by atoms with Crippen LogP contribution in [-0.4, -0.2) is 55.0 Å². The number of nitrogens with zero attached hydrogens (tertiary/aromatic N) is 4. The zero-order chi connectivity index (χ0) is 21.1. The maximum Gasteiger partial charge on any atom is 0.295 e. The van der Waals surface area contributed by atoms with Crippen molar-refractivity contribution in [1.82, 2.24) is 4.90 Å². The van der Waals surface area contributed by atoms with E-state index in [4.69, 9.17) is 0 Å². The maximum absolute atomic E-state index is 14.8. The number of amides is 1. The van der Waals surface area contributed by atoms with Crippen LogP contribution in [0.15, 0.2) is 29.6 Å². The number of carbonyl (C=O) groups is 1. The Labute approximate surface area is 178 Å². The molecule has 0 aliphatic carbocycles. The van der Waals surface area contributed by atoms with Crippen LogP contribution in [-0.2, 0) is 0 Å². The minimum absolute atomic E-state index is 0.0106. The predicted molar refractivity (Wildman–Crippen MR) is 116 cm³/mol. The van der Waals surface area contributed by atoms with Crippen LogP contribution in [0.25, 0.3) is 0 Å². The molecule has 160 valence electrons. The second-order valence-electron chi connectivity index (χ2n) is 7.71. The molecule has 1 aromatic heterocycles. The fraction of sp³-hybridized carbons (Fsp3) is 0.476. The van der Waals surface area contributed by atoms with Gasteiger partial charge in [-0.3, -0.25) is 14.9 Å². The lowest BCUT2D eigenvalue weighted by molar-refractivity contribution is -0.384. The van der Waals surface area contributed by atoms with Gasteiger partial charge in [0.05, 0.1) is 21.6 Å². The first-order valence-corrected chi connectivity index (χ1v) is 11.2. The highest BCUT2D eigenvalue weighted by molar-refractivity contribution is 7.12. The van der Waals surface area contributed by atoms with Crippen molar-refractivity contribution >= 4 is 34.3 Å². The van der Waals surface area contributed by atoms with Crippen molar-refractivity contribution in [1.29, 1.82) is 0 Å². The van der Waals surface area contributed by atoms with Crippen LogP contribution < -0.4 is 9.80 Å². The number of rotatable bonds is 4. The molecule has 0 radical (unpaired) electrons. The van der Waals surface area contributed by atoms with E-state index in [1.54, 1.807) is 17.0 Å². The molecular weight excluding hydrogens is 407 g/mol. The third-order valence-electron chi connectivity index (χ3n) is 5.83. The van der Waals surface area contributed by atoms with Crippen molar-refractivity contribution in [3.63, 3.8) is 0 Å². The van der Waals surface area contributed by atoms with Gasteiger partial charge in [0.25, 0.3) is 11.6 Å². The van der Waals surface area contributed by atoms with Crippen molar-refractivity contribution in [3.05, 3.63) is 50.5 Å². The van der Waals surface area contributed by atoms with Gasteiger partial charge in [-0.2, -0.15) is 0 Å². The molecule has 4 rings (SSSR count). The summed E-state index contributed by atoms with van der Waals surface area (Å²) in [6.45, 7) is 3.43. The second kappa shape index (κ2) is 8.99. The summed E-state index contributed by atoms with van der Waals surface area (Å²) in [5.41, 5.74) is 0.655. The summed E-state index contributed by atoms with van der Waals surface area (Å²) in [5.74, 6) is -0.553. The lowest BCUT2D eigenvalue weighted by atomic mass is 10.1. The summed E-state index contributed by atoms with van der Waals surface area (Å²) in [4.78, 5) is 30.0. The van der Waals surface area contributed by atoms with Gasteiger partial charge in [0.2, 0.25) is 0 Å². The molecule has 2 aliphatic rings. The molecule has 2 fully saturated rings. The minimum atomic E-state index is -0.543. The first-order valence-electron chi connectivity index (χ1n) is 10.3. The Hall–Kier alpha value is -2.68. The second-order valence-corrected chi connectivity index (χ2v) is 8.65. The van der Waals surface area contributed by atoms with Gasteiger partial charge in [0.1, 0.15) is 5.69 Å². The smallest absolute Gasteiger partial charge is 0.295 e. The fourth-order valence-corrected chi connectivity index (χ4v) is 4.89. The highest BCUT2D eigenvalue weighted by Crippen LogP contribution is 2.36. The molecule has 9 heteroatoms. The van der Waals surface area contributed by atoms with Crippen LogP contribution in [0, 0.1) is 15.9 Å². The third kappa shape index (κ3) is 4.26. The number of piperazine rings is 1. The number of hydrogen-bond donors (Lipinski definition) is 0. The van der Waals surface area contributed by atoms with E-state index >= 15 is 0 Å². The zero-order valence-electron chi connectivity index (χ0n) is 16.8. The molecule has 2 saturated heterocycles. The summed E-state index contributed by atoms with van der Waals surface area (Å²) in [5, 5.41) is 13.5. The molecule has 0 N–H and O–H groups in total. The van der Waals surface area contributed by atoms with Gasteiger partial charge < -0.3 is 14.7 Å². The number of anilines is 2. The molecular formula is C21H25FN4O3S. The number of hydrogen-bond acceptors (Lipinski definition) is 6. The van der Waals surface area contributed by atoms with Crippen molar-refractivity contribution in [2.24, 2.45) is 0 Å². The third-order valence-corrected chi connectivity index (χ3v) is 6.68. The largest absolute Gasteiger partial charge is 0.369 e. The SMILES string of the molecule is O=C(c1cccs1)N1CCN(c2cc(N3CCCCCC3)c(F)cc2[N+](=O)[O-])CC1. The van der Waals surface area contributed by atoms with E-state index in [9.17, 15) is 19.3 Å². The Morgan fingerprint density at radius 3 is 2.23 bits per heavy atom. The summed E-state index contributed by atoms with van der Waals surface area (Å²) in [7, 11) is 0. The van der Waals surface area contributed by atoms with Crippen molar-refractivity contribution in [3.8, 4) is 0 Å². The van der Waals surface area contributed by atoms with Gasteiger partial charge in [0, 0.05) is 39.3 Å². The lowest BCUT2D eigenvalue weighted by Gasteiger charge is -2.36. The van der Waals surface area contributed by atoms with Crippen LogP contribution in [0.3, 0.4) is 0 Å². The van der Waals surface area contributed by atoms with E-state index in [-0.39, 0.29) is 11.6 Å². The predicted octanol–water partition coefficient (Wildman–Crippen LogP) is 4.14. The van der Waals surface area contributed by atoms with Crippen LogP contribution in [0.2, 0.25) is 0 Å². The van der Waals surface area contributed by atoms with Crippen LogP contribution in [0.4, 0.5) is 21.5 Å². The highest BCUT2D eigenvalue weighted by Gasteiger charge is 2.29. The molecule has 0 unspecified atom stereocenters.